The van der Waals surface area contributed by atoms with Gasteiger partial charge in [0.05, 0.1) is 12.1 Å². The van der Waals surface area contributed by atoms with Crippen LogP contribution in [0.5, 0.6) is 0 Å². The molecule has 1 saturated heterocycles. The number of nitrogens with zero attached hydrogens (tertiary/aromatic N) is 2. The van der Waals surface area contributed by atoms with Crippen molar-refractivity contribution in [1.82, 2.24) is 4.90 Å². The minimum Gasteiger partial charge on any atom is -0.326 e. The van der Waals surface area contributed by atoms with Gasteiger partial charge < -0.3 is 10.2 Å². The minimum atomic E-state index is -0.883. The Kier molecular flexibility index (Phi) is 5.96. The first-order chi connectivity index (χ1) is 13.8. The van der Waals surface area contributed by atoms with Gasteiger partial charge in [0.15, 0.2) is 0 Å². The van der Waals surface area contributed by atoms with Gasteiger partial charge in [-0.3, -0.25) is 9.59 Å². The normalized spacial score (nSPS) is 16.7. The maximum Gasteiger partial charge on any atom is 0.332 e. The van der Waals surface area contributed by atoms with E-state index in [9.17, 15) is 18.8 Å². The molecule has 0 aromatic heterocycles. The number of amides is 4. The summed E-state index contributed by atoms with van der Waals surface area (Å²) >= 11 is 0. The van der Waals surface area contributed by atoms with Gasteiger partial charge in [-0.25, -0.2) is 14.1 Å². The number of anilines is 2. The molecule has 0 aliphatic carbocycles. The molecule has 0 bridgehead atoms. The quantitative estimate of drug-likeness (QED) is 0.750. The van der Waals surface area contributed by atoms with Gasteiger partial charge in [0.25, 0.3) is 5.91 Å². The van der Waals surface area contributed by atoms with Gasteiger partial charge in [-0.2, -0.15) is 0 Å². The molecule has 6 nitrogen and oxygen atoms in total. The highest BCUT2D eigenvalue weighted by Gasteiger charge is 2.46. The van der Waals surface area contributed by atoms with Crippen molar-refractivity contribution in [3.05, 3.63) is 59.9 Å². The number of nitrogens with one attached hydrogen (secondary N) is 1. The lowest BCUT2D eigenvalue weighted by atomic mass is 10.1. The number of carbonyl (C=O) groups excluding carboxylic acids is 3. The third-order valence-electron chi connectivity index (χ3n) is 4.65. The van der Waals surface area contributed by atoms with Crippen LogP contribution in [0, 0.1) is 18.7 Å². The Morgan fingerprint density at radius 3 is 2.45 bits per heavy atom. The molecule has 2 aromatic rings. The number of hydrogen-bond acceptors (Lipinski definition) is 3. The van der Waals surface area contributed by atoms with Gasteiger partial charge in [-0.15, -0.1) is 0 Å². The zero-order valence-electron chi connectivity index (χ0n) is 16.7. The second-order valence-corrected chi connectivity index (χ2v) is 7.62. The lowest BCUT2D eigenvalue weighted by Gasteiger charge is -2.23. The molecule has 1 heterocycles. The second kappa shape index (κ2) is 8.43. The maximum atomic E-state index is 13.1. The van der Waals surface area contributed by atoms with Crippen molar-refractivity contribution in [3.63, 3.8) is 0 Å². The molecule has 1 aliphatic rings. The summed E-state index contributed by atoms with van der Waals surface area (Å²) in [6.45, 7) is 6.14. The Balaban J connectivity index is 1.82. The number of hydrogen-bond donors (Lipinski definition) is 1. The van der Waals surface area contributed by atoms with Crippen molar-refractivity contribution in [2.45, 2.75) is 33.2 Å². The molecule has 0 spiro atoms. The highest BCUT2D eigenvalue weighted by molar-refractivity contribution is 6.22. The zero-order chi connectivity index (χ0) is 21.1. The molecule has 152 valence electrons. The van der Waals surface area contributed by atoms with E-state index in [0.29, 0.717) is 17.9 Å². The number of benzene rings is 2. The van der Waals surface area contributed by atoms with Gasteiger partial charge in [0, 0.05) is 12.2 Å². The Bertz CT molecular complexity index is 927. The van der Waals surface area contributed by atoms with Crippen molar-refractivity contribution in [1.29, 1.82) is 0 Å². The average molecular weight is 397 g/mol. The standard InChI is InChI=1S/C22H24FN3O3/c1-14(2)13-25-19(12-20(27)24-17-9-7-16(23)8-10-17)21(28)26(22(25)29)18-6-4-5-15(3)11-18/h4-11,14,19H,12-13H2,1-3H3,(H,24,27). The molecule has 4 amide bonds. The Hall–Kier alpha value is -3.22. The van der Waals surface area contributed by atoms with Crippen LogP contribution >= 0.6 is 0 Å². The Morgan fingerprint density at radius 2 is 1.83 bits per heavy atom. The van der Waals surface area contributed by atoms with Gasteiger partial charge in [0.2, 0.25) is 5.91 Å². The predicted octanol–water partition coefficient (Wildman–Crippen LogP) is 3.96. The summed E-state index contributed by atoms with van der Waals surface area (Å²) in [5.41, 5.74) is 1.85. The van der Waals surface area contributed by atoms with Crippen LogP contribution in [0.1, 0.15) is 25.8 Å². The lowest BCUT2D eigenvalue weighted by Crippen LogP contribution is -2.40. The number of carbonyl (C=O) groups is 3. The third kappa shape index (κ3) is 4.62. The number of imide groups is 1. The summed E-state index contributed by atoms with van der Waals surface area (Å²) in [5.74, 6) is -1.11. The highest BCUT2D eigenvalue weighted by Crippen LogP contribution is 2.28. The van der Waals surface area contributed by atoms with E-state index in [4.69, 9.17) is 0 Å². The fraction of sp³-hybridized carbons (Fsp3) is 0.318. The number of urea groups is 1. The summed E-state index contributed by atoms with van der Waals surface area (Å²) in [7, 11) is 0. The first-order valence-corrected chi connectivity index (χ1v) is 9.53. The molecule has 7 heteroatoms. The molecule has 1 aliphatic heterocycles. The van der Waals surface area contributed by atoms with Gasteiger partial charge in [-0.05, 0) is 54.8 Å². The van der Waals surface area contributed by atoms with E-state index in [1.165, 1.54) is 29.2 Å². The SMILES string of the molecule is Cc1cccc(N2C(=O)C(CC(=O)Nc3ccc(F)cc3)N(CC(C)C)C2=O)c1. The fourth-order valence-electron chi connectivity index (χ4n) is 3.36. The third-order valence-corrected chi connectivity index (χ3v) is 4.65. The maximum absolute atomic E-state index is 13.1. The largest absolute Gasteiger partial charge is 0.332 e. The smallest absolute Gasteiger partial charge is 0.326 e. The van der Waals surface area contributed by atoms with Crippen molar-refractivity contribution in [3.8, 4) is 0 Å². The molecule has 0 radical (unpaired) electrons. The molecule has 3 rings (SSSR count). The summed E-state index contributed by atoms with van der Waals surface area (Å²) < 4.78 is 13.0. The molecule has 1 unspecified atom stereocenters. The van der Waals surface area contributed by atoms with E-state index < -0.39 is 29.7 Å². The van der Waals surface area contributed by atoms with Crippen molar-refractivity contribution in [2.75, 3.05) is 16.8 Å². The average Bonchev–Trinajstić information content (AvgIpc) is 2.87. The first kappa shape index (κ1) is 20.5. The van der Waals surface area contributed by atoms with Crippen LogP contribution in [-0.4, -0.2) is 35.3 Å². The second-order valence-electron chi connectivity index (χ2n) is 7.62. The molecular weight excluding hydrogens is 373 g/mol. The van der Waals surface area contributed by atoms with Crippen LogP contribution in [0.2, 0.25) is 0 Å². The molecule has 1 atom stereocenters. The van der Waals surface area contributed by atoms with Crippen LogP contribution in [0.4, 0.5) is 20.6 Å². The van der Waals surface area contributed by atoms with Crippen LogP contribution < -0.4 is 10.2 Å². The topological polar surface area (TPSA) is 69.7 Å². The van der Waals surface area contributed by atoms with Crippen LogP contribution in [-0.2, 0) is 9.59 Å². The molecule has 1 N–H and O–H groups in total. The monoisotopic (exact) mass is 397 g/mol. The molecule has 2 aromatic carbocycles. The van der Waals surface area contributed by atoms with E-state index in [1.54, 1.807) is 18.2 Å². The van der Waals surface area contributed by atoms with Gasteiger partial charge >= 0.3 is 6.03 Å². The minimum absolute atomic E-state index is 0.131. The molecule has 29 heavy (non-hydrogen) atoms. The summed E-state index contributed by atoms with van der Waals surface area (Å²) in [6.07, 6.45) is -0.170. The number of aryl methyl sites for hydroxylation is 1. The molecular formula is C22H24FN3O3. The van der Waals surface area contributed by atoms with Crippen molar-refractivity contribution in [2.24, 2.45) is 5.92 Å². The Morgan fingerprint density at radius 1 is 1.14 bits per heavy atom. The zero-order valence-corrected chi connectivity index (χ0v) is 16.7. The Labute approximate surface area is 169 Å². The number of rotatable bonds is 6. The van der Waals surface area contributed by atoms with E-state index >= 15 is 0 Å². The summed E-state index contributed by atoms with van der Waals surface area (Å²) in [4.78, 5) is 41.2. The van der Waals surface area contributed by atoms with Gasteiger partial charge in [0.1, 0.15) is 11.9 Å². The fourth-order valence-corrected chi connectivity index (χ4v) is 3.36. The van der Waals surface area contributed by atoms with E-state index in [1.807, 2.05) is 26.8 Å². The van der Waals surface area contributed by atoms with E-state index in [0.717, 1.165) is 10.5 Å². The van der Waals surface area contributed by atoms with Crippen molar-refractivity contribution < 1.29 is 18.8 Å². The van der Waals surface area contributed by atoms with Crippen LogP contribution in [0.3, 0.4) is 0 Å². The highest BCUT2D eigenvalue weighted by atomic mass is 19.1. The molecule has 0 saturated carbocycles. The predicted molar refractivity (Wildman–Crippen MR) is 109 cm³/mol. The van der Waals surface area contributed by atoms with Gasteiger partial charge in [-0.1, -0.05) is 26.0 Å². The first-order valence-electron chi connectivity index (χ1n) is 9.53. The molecule has 1 fully saturated rings. The van der Waals surface area contributed by atoms with Crippen LogP contribution in [0.25, 0.3) is 0 Å². The lowest BCUT2D eigenvalue weighted by molar-refractivity contribution is -0.124. The summed E-state index contributed by atoms with van der Waals surface area (Å²) in [5, 5.41) is 2.65. The van der Waals surface area contributed by atoms with Crippen molar-refractivity contribution >= 4 is 29.2 Å². The van der Waals surface area contributed by atoms with E-state index in [-0.39, 0.29) is 12.3 Å². The summed E-state index contributed by atoms with van der Waals surface area (Å²) in [6, 6.07) is 11.2. The van der Waals surface area contributed by atoms with E-state index in [2.05, 4.69) is 5.32 Å². The number of halogens is 1. The van der Waals surface area contributed by atoms with Crippen LogP contribution in [0.15, 0.2) is 48.5 Å².